The van der Waals surface area contributed by atoms with Gasteiger partial charge in [0.05, 0.1) is 5.75 Å². The van der Waals surface area contributed by atoms with Gasteiger partial charge < -0.3 is 14.5 Å². The minimum Gasteiger partial charge on any atom is -0.484 e. The van der Waals surface area contributed by atoms with Crippen LogP contribution in [0, 0.1) is 6.92 Å². The number of nitrogens with zero attached hydrogens (tertiary/aromatic N) is 3. The zero-order valence-corrected chi connectivity index (χ0v) is 17.7. The number of ether oxygens (including phenoxy) is 1. The third-order valence-electron chi connectivity index (χ3n) is 3.92. The van der Waals surface area contributed by atoms with Gasteiger partial charge in [-0.3, -0.25) is 4.79 Å². The third kappa shape index (κ3) is 5.46. The van der Waals surface area contributed by atoms with Crippen LogP contribution in [0.4, 0.5) is 5.82 Å². The van der Waals surface area contributed by atoms with Crippen LogP contribution in [0.25, 0.3) is 10.6 Å². The van der Waals surface area contributed by atoms with Crippen molar-refractivity contribution < 1.29 is 13.9 Å². The normalized spacial score (nSPS) is 10.7. The van der Waals surface area contributed by atoms with Crippen LogP contribution in [0.5, 0.6) is 5.75 Å². The SMILES string of the molecule is Cc1cccc(OCc2nnc(SCC(=O)Nc3csc(-c4ccccc4)n3)o2)c1. The second-order valence-corrected chi connectivity index (χ2v) is 8.09. The van der Waals surface area contributed by atoms with Crippen LogP contribution in [0.3, 0.4) is 0 Å². The molecule has 0 bridgehead atoms. The summed E-state index contributed by atoms with van der Waals surface area (Å²) in [6, 6.07) is 17.5. The van der Waals surface area contributed by atoms with Gasteiger partial charge in [-0.05, 0) is 24.6 Å². The van der Waals surface area contributed by atoms with Gasteiger partial charge in [0.15, 0.2) is 6.61 Å². The molecule has 0 aliphatic rings. The third-order valence-corrected chi connectivity index (χ3v) is 5.63. The fourth-order valence-electron chi connectivity index (χ4n) is 2.56. The molecule has 0 saturated carbocycles. The van der Waals surface area contributed by atoms with Crippen molar-refractivity contribution in [2.24, 2.45) is 0 Å². The van der Waals surface area contributed by atoms with Crippen LogP contribution in [0.1, 0.15) is 11.5 Å². The average Bonchev–Trinajstić information content (AvgIpc) is 3.41. The zero-order chi connectivity index (χ0) is 20.8. The standard InChI is InChI=1S/C21H18N4O3S2/c1-14-6-5-9-16(10-14)27-11-19-24-25-21(28-19)30-13-18(26)22-17-12-29-20(23-17)15-7-3-2-4-8-15/h2-10,12H,11,13H2,1H3,(H,22,26). The Balaban J connectivity index is 1.25. The molecule has 0 aliphatic carbocycles. The number of hydrogen-bond donors (Lipinski definition) is 1. The Bertz CT molecular complexity index is 1130. The van der Waals surface area contributed by atoms with E-state index in [0.717, 1.165) is 33.6 Å². The van der Waals surface area contributed by atoms with E-state index in [-0.39, 0.29) is 18.3 Å². The van der Waals surface area contributed by atoms with E-state index in [1.54, 1.807) is 0 Å². The smallest absolute Gasteiger partial charge is 0.277 e. The quantitative estimate of drug-likeness (QED) is 0.395. The van der Waals surface area contributed by atoms with E-state index < -0.39 is 0 Å². The lowest BCUT2D eigenvalue weighted by molar-refractivity contribution is -0.113. The first kappa shape index (κ1) is 20.1. The van der Waals surface area contributed by atoms with E-state index in [1.165, 1.54) is 11.3 Å². The van der Waals surface area contributed by atoms with E-state index in [9.17, 15) is 4.79 Å². The highest BCUT2D eigenvalue weighted by molar-refractivity contribution is 7.99. The molecular weight excluding hydrogens is 420 g/mol. The second kappa shape index (κ2) is 9.55. The van der Waals surface area contributed by atoms with E-state index in [2.05, 4.69) is 20.5 Å². The van der Waals surface area contributed by atoms with Crippen molar-refractivity contribution in [1.82, 2.24) is 15.2 Å². The summed E-state index contributed by atoms with van der Waals surface area (Å²) in [4.78, 5) is 16.6. The lowest BCUT2D eigenvalue weighted by Crippen LogP contribution is -2.14. The zero-order valence-electron chi connectivity index (χ0n) is 16.1. The summed E-state index contributed by atoms with van der Waals surface area (Å²) < 4.78 is 11.2. The molecule has 152 valence electrons. The van der Waals surface area contributed by atoms with Crippen molar-refractivity contribution >= 4 is 34.8 Å². The van der Waals surface area contributed by atoms with Crippen LogP contribution < -0.4 is 10.1 Å². The van der Waals surface area contributed by atoms with Gasteiger partial charge in [0, 0.05) is 10.9 Å². The molecule has 0 atom stereocenters. The van der Waals surface area contributed by atoms with Gasteiger partial charge in [0.1, 0.15) is 16.6 Å². The molecule has 1 amide bonds. The Morgan fingerprint density at radius 3 is 2.87 bits per heavy atom. The number of aromatic nitrogens is 3. The van der Waals surface area contributed by atoms with Crippen molar-refractivity contribution in [2.45, 2.75) is 18.8 Å². The summed E-state index contributed by atoms with van der Waals surface area (Å²) in [6.07, 6.45) is 0. The number of amides is 1. The summed E-state index contributed by atoms with van der Waals surface area (Å²) in [6.45, 7) is 2.16. The largest absolute Gasteiger partial charge is 0.484 e. The fourth-order valence-corrected chi connectivity index (χ4v) is 3.89. The van der Waals surface area contributed by atoms with Gasteiger partial charge in [0.2, 0.25) is 5.91 Å². The van der Waals surface area contributed by atoms with Crippen molar-refractivity contribution in [3.63, 3.8) is 0 Å². The van der Waals surface area contributed by atoms with Gasteiger partial charge in [-0.1, -0.05) is 54.2 Å². The van der Waals surface area contributed by atoms with Crippen molar-refractivity contribution in [3.8, 4) is 16.3 Å². The monoisotopic (exact) mass is 438 g/mol. The average molecular weight is 439 g/mol. The highest BCUT2D eigenvalue weighted by atomic mass is 32.2. The molecule has 0 aliphatic heterocycles. The van der Waals surface area contributed by atoms with Crippen molar-refractivity contribution in [1.29, 1.82) is 0 Å². The van der Waals surface area contributed by atoms with E-state index in [1.807, 2.05) is 66.9 Å². The molecule has 0 spiro atoms. The molecule has 4 aromatic rings. The molecule has 0 unspecified atom stereocenters. The molecule has 0 radical (unpaired) electrons. The molecule has 0 saturated heterocycles. The first-order chi connectivity index (χ1) is 14.7. The molecule has 30 heavy (non-hydrogen) atoms. The predicted molar refractivity (Wildman–Crippen MR) is 117 cm³/mol. The number of rotatable bonds is 8. The number of hydrogen-bond acceptors (Lipinski definition) is 8. The molecule has 2 heterocycles. The Morgan fingerprint density at radius 2 is 2.03 bits per heavy atom. The summed E-state index contributed by atoms with van der Waals surface area (Å²) in [5.41, 5.74) is 2.12. The maximum atomic E-state index is 12.2. The van der Waals surface area contributed by atoms with Crippen LogP contribution in [-0.2, 0) is 11.4 Å². The van der Waals surface area contributed by atoms with E-state index in [0.29, 0.717) is 16.9 Å². The Kier molecular flexibility index (Phi) is 6.41. The summed E-state index contributed by atoms with van der Waals surface area (Å²) in [5.74, 6) is 1.56. The molecule has 7 nitrogen and oxygen atoms in total. The fraction of sp³-hybridized carbons (Fsp3) is 0.143. The molecular formula is C21H18N4O3S2. The van der Waals surface area contributed by atoms with Crippen LogP contribution >= 0.6 is 23.1 Å². The second-order valence-electron chi connectivity index (χ2n) is 6.31. The Labute approximate surface area is 181 Å². The van der Waals surface area contributed by atoms with Gasteiger partial charge in [0.25, 0.3) is 11.1 Å². The van der Waals surface area contributed by atoms with Crippen LogP contribution in [-0.4, -0.2) is 26.8 Å². The van der Waals surface area contributed by atoms with Crippen LogP contribution in [0.2, 0.25) is 0 Å². The number of benzene rings is 2. The van der Waals surface area contributed by atoms with Crippen molar-refractivity contribution in [3.05, 3.63) is 71.4 Å². The summed E-state index contributed by atoms with van der Waals surface area (Å²) >= 11 is 2.64. The van der Waals surface area contributed by atoms with E-state index >= 15 is 0 Å². The minimum absolute atomic E-state index is 0.137. The van der Waals surface area contributed by atoms with Gasteiger partial charge in [-0.2, -0.15) is 0 Å². The first-order valence-electron chi connectivity index (χ1n) is 9.11. The molecule has 0 fully saturated rings. The first-order valence-corrected chi connectivity index (χ1v) is 11.0. The topological polar surface area (TPSA) is 90.1 Å². The molecule has 1 N–H and O–H groups in total. The number of carbonyl (C=O) groups is 1. The van der Waals surface area contributed by atoms with Crippen LogP contribution in [0.15, 0.2) is 69.6 Å². The maximum absolute atomic E-state index is 12.2. The number of aryl methyl sites for hydroxylation is 1. The highest BCUT2D eigenvalue weighted by Gasteiger charge is 2.12. The molecule has 2 aromatic heterocycles. The molecule has 9 heteroatoms. The number of carbonyl (C=O) groups excluding carboxylic acids is 1. The minimum atomic E-state index is -0.194. The Hall–Kier alpha value is -3.17. The van der Waals surface area contributed by atoms with Gasteiger partial charge in [-0.15, -0.1) is 21.5 Å². The number of anilines is 1. The predicted octanol–water partition coefficient (Wildman–Crippen LogP) is 4.81. The summed E-state index contributed by atoms with van der Waals surface area (Å²) in [5, 5.41) is 13.7. The highest BCUT2D eigenvalue weighted by Crippen LogP contribution is 2.26. The Morgan fingerprint density at radius 1 is 1.17 bits per heavy atom. The van der Waals surface area contributed by atoms with E-state index in [4.69, 9.17) is 9.15 Å². The number of thioether (sulfide) groups is 1. The summed E-state index contributed by atoms with van der Waals surface area (Å²) in [7, 11) is 0. The molecule has 2 aromatic carbocycles. The van der Waals surface area contributed by atoms with Crippen molar-refractivity contribution in [2.75, 3.05) is 11.1 Å². The number of nitrogens with one attached hydrogen (secondary N) is 1. The lowest BCUT2D eigenvalue weighted by Gasteiger charge is -2.03. The van der Waals surface area contributed by atoms with Gasteiger partial charge >= 0.3 is 0 Å². The molecule has 4 rings (SSSR count). The maximum Gasteiger partial charge on any atom is 0.277 e. The number of thiazole rings is 1. The van der Waals surface area contributed by atoms with Gasteiger partial charge in [-0.25, -0.2) is 4.98 Å². The lowest BCUT2D eigenvalue weighted by atomic mass is 10.2.